The van der Waals surface area contributed by atoms with Gasteiger partial charge in [-0.3, -0.25) is 14.5 Å². The highest BCUT2D eigenvalue weighted by Gasteiger charge is 2.29. The van der Waals surface area contributed by atoms with Crippen LogP contribution >= 0.6 is 0 Å². The van der Waals surface area contributed by atoms with E-state index in [0.717, 1.165) is 19.3 Å². The van der Waals surface area contributed by atoms with Gasteiger partial charge in [-0.1, -0.05) is 24.6 Å². The van der Waals surface area contributed by atoms with Crippen molar-refractivity contribution < 1.29 is 27.5 Å². The summed E-state index contributed by atoms with van der Waals surface area (Å²) in [6.07, 6.45) is 2.61. The highest BCUT2D eigenvalue weighted by atomic mass is 32.2. The van der Waals surface area contributed by atoms with Gasteiger partial charge in [0.25, 0.3) is 5.91 Å². The van der Waals surface area contributed by atoms with Crippen molar-refractivity contribution in [1.29, 1.82) is 0 Å². The van der Waals surface area contributed by atoms with Gasteiger partial charge in [0, 0.05) is 13.1 Å². The standard InChI is InChI=1S/C22H23N3O6S/c26-20-14-25(19-10-3-2-9-18(19)23-20)21(27)15-31-22(28)16-7-6-8-17(13-16)32(29,30)24-11-4-1-5-12-24/h2-3,6-10,13H,1,4-5,11-12,14-15H2,(H,23,26). The Morgan fingerprint density at radius 1 is 1.00 bits per heavy atom. The number of carbonyl (C=O) groups excluding carboxylic acids is 3. The van der Waals surface area contributed by atoms with Gasteiger partial charge in [-0.15, -0.1) is 0 Å². The summed E-state index contributed by atoms with van der Waals surface area (Å²) in [4.78, 5) is 38.3. The normalized spacial score (nSPS) is 16.8. The van der Waals surface area contributed by atoms with Crippen molar-refractivity contribution in [2.45, 2.75) is 24.2 Å². The van der Waals surface area contributed by atoms with Gasteiger partial charge in [-0.05, 0) is 43.2 Å². The average molecular weight is 458 g/mol. The summed E-state index contributed by atoms with van der Waals surface area (Å²) in [6, 6.07) is 12.4. The molecule has 168 valence electrons. The second-order valence-corrected chi connectivity index (χ2v) is 9.55. The lowest BCUT2D eigenvalue weighted by Gasteiger charge is -2.28. The van der Waals surface area contributed by atoms with E-state index in [1.807, 2.05) is 0 Å². The number of fused-ring (bicyclic) bond motifs is 1. The van der Waals surface area contributed by atoms with Gasteiger partial charge in [0.15, 0.2) is 6.61 Å². The molecule has 0 aromatic heterocycles. The van der Waals surface area contributed by atoms with E-state index in [4.69, 9.17) is 4.74 Å². The van der Waals surface area contributed by atoms with Crippen LogP contribution in [0.2, 0.25) is 0 Å². The van der Waals surface area contributed by atoms with Crippen LogP contribution in [0.1, 0.15) is 29.6 Å². The van der Waals surface area contributed by atoms with Gasteiger partial charge in [-0.2, -0.15) is 4.31 Å². The Hall–Kier alpha value is -3.24. The molecule has 10 heteroatoms. The van der Waals surface area contributed by atoms with Gasteiger partial charge in [0.05, 0.1) is 21.8 Å². The number of carbonyl (C=O) groups is 3. The molecule has 0 atom stereocenters. The second kappa shape index (κ2) is 9.09. The van der Waals surface area contributed by atoms with Crippen LogP contribution in [0.4, 0.5) is 11.4 Å². The number of piperidine rings is 1. The Labute approximate surface area is 186 Å². The van der Waals surface area contributed by atoms with Crippen LogP contribution < -0.4 is 10.2 Å². The summed E-state index contributed by atoms with van der Waals surface area (Å²) in [5.41, 5.74) is 1.05. The van der Waals surface area contributed by atoms with Gasteiger partial charge >= 0.3 is 5.97 Å². The molecule has 1 fully saturated rings. The maximum atomic E-state index is 12.9. The van der Waals surface area contributed by atoms with Crippen LogP contribution in [-0.4, -0.2) is 56.7 Å². The fourth-order valence-electron chi connectivity index (χ4n) is 3.78. The average Bonchev–Trinajstić information content (AvgIpc) is 2.82. The Morgan fingerprint density at radius 3 is 2.53 bits per heavy atom. The number of hydrogen-bond acceptors (Lipinski definition) is 6. The minimum atomic E-state index is -3.70. The SMILES string of the molecule is O=C1CN(C(=O)COC(=O)c2cccc(S(=O)(=O)N3CCCCC3)c2)c2ccccc2N1. The molecule has 1 N–H and O–H groups in total. The van der Waals surface area contributed by atoms with Crippen molar-refractivity contribution in [2.75, 3.05) is 36.5 Å². The van der Waals surface area contributed by atoms with E-state index in [-0.39, 0.29) is 22.9 Å². The lowest BCUT2D eigenvalue weighted by molar-refractivity contribution is -0.124. The van der Waals surface area contributed by atoms with Crippen LogP contribution in [0.15, 0.2) is 53.4 Å². The molecule has 0 bridgehead atoms. The van der Waals surface area contributed by atoms with E-state index in [9.17, 15) is 22.8 Å². The summed E-state index contributed by atoms with van der Waals surface area (Å²) < 4.78 is 32.3. The highest BCUT2D eigenvalue weighted by molar-refractivity contribution is 7.89. The number of sulfonamides is 1. The summed E-state index contributed by atoms with van der Waals surface area (Å²) in [5.74, 6) is -1.72. The van der Waals surface area contributed by atoms with E-state index >= 15 is 0 Å². The lowest BCUT2D eigenvalue weighted by atomic mass is 10.2. The van der Waals surface area contributed by atoms with E-state index < -0.39 is 28.5 Å². The third-order valence-corrected chi connectivity index (χ3v) is 7.32. The molecular weight excluding hydrogens is 434 g/mol. The molecule has 0 aliphatic carbocycles. The number of para-hydroxylation sites is 2. The first-order chi connectivity index (χ1) is 15.4. The lowest BCUT2D eigenvalue weighted by Crippen LogP contribution is -2.44. The summed E-state index contributed by atoms with van der Waals surface area (Å²) in [6.45, 7) is 0.146. The first-order valence-corrected chi connectivity index (χ1v) is 11.8. The fourth-order valence-corrected chi connectivity index (χ4v) is 5.35. The zero-order chi connectivity index (χ0) is 22.7. The van der Waals surface area contributed by atoms with Gasteiger partial charge in [0.2, 0.25) is 15.9 Å². The summed E-state index contributed by atoms with van der Waals surface area (Å²) in [5, 5.41) is 2.68. The predicted molar refractivity (Wildman–Crippen MR) is 117 cm³/mol. The molecule has 1 saturated heterocycles. The molecule has 9 nitrogen and oxygen atoms in total. The zero-order valence-electron chi connectivity index (χ0n) is 17.3. The van der Waals surface area contributed by atoms with Crippen LogP contribution in [0.25, 0.3) is 0 Å². The molecule has 2 aliphatic rings. The quantitative estimate of drug-likeness (QED) is 0.687. The van der Waals surface area contributed by atoms with E-state index in [1.165, 1.54) is 33.5 Å². The van der Waals surface area contributed by atoms with Crippen molar-refractivity contribution in [3.63, 3.8) is 0 Å². The fraction of sp³-hybridized carbons (Fsp3) is 0.318. The molecule has 0 radical (unpaired) electrons. The van der Waals surface area contributed by atoms with Crippen LogP contribution in [0.5, 0.6) is 0 Å². The number of rotatable bonds is 5. The molecule has 4 rings (SSSR count). The Balaban J connectivity index is 1.44. The maximum absolute atomic E-state index is 12.9. The number of ether oxygens (including phenoxy) is 1. The number of nitrogens with one attached hydrogen (secondary N) is 1. The third kappa shape index (κ3) is 4.51. The Morgan fingerprint density at radius 2 is 1.75 bits per heavy atom. The molecule has 2 heterocycles. The first-order valence-electron chi connectivity index (χ1n) is 10.3. The topological polar surface area (TPSA) is 113 Å². The minimum Gasteiger partial charge on any atom is -0.452 e. The van der Waals surface area contributed by atoms with Gasteiger partial charge in [0.1, 0.15) is 6.54 Å². The summed E-state index contributed by atoms with van der Waals surface area (Å²) >= 11 is 0. The molecule has 2 aromatic carbocycles. The molecule has 0 unspecified atom stereocenters. The van der Waals surface area contributed by atoms with E-state index in [2.05, 4.69) is 5.32 Å². The zero-order valence-corrected chi connectivity index (χ0v) is 18.1. The summed E-state index contributed by atoms with van der Waals surface area (Å²) in [7, 11) is -3.70. The predicted octanol–water partition coefficient (Wildman–Crippen LogP) is 2.00. The molecule has 32 heavy (non-hydrogen) atoms. The smallest absolute Gasteiger partial charge is 0.338 e. The number of esters is 1. The Bertz CT molecular complexity index is 1160. The molecule has 2 amide bonds. The monoisotopic (exact) mass is 457 g/mol. The van der Waals surface area contributed by atoms with Crippen molar-refractivity contribution in [3.05, 3.63) is 54.1 Å². The van der Waals surface area contributed by atoms with Crippen LogP contribution in [0.3, 0.4) is 0 Å². The van der Waals surface area contributed by atoms with Crippen molar-refractivity contribution >= 4 is 39.2 Å². The van der Waals surface area contributed by atoms with Crippen molar-refractivity contribution in [3.8, 4) is 0 Å². The number of nitrogens with zero attached hydrogens (tertiary/aromatic N) is 2. The number of hydrogen-bond donors (Lipinski definition) is 1. The van der Waals surface area contributed by atoms with Crippen LogP contribution in [0, 0.1) is 0 Å². The Kier molecular flexibility index (Phi) is 6.24. The van der Waals surface area contributed by atoms with E-state index in [1.54, 1.807) is 24.3 Å². The number of benzene rings is 2. The van der Waals surface area contributed by atoms with Crippen LogP contribution in [-0.2, 0) is 24.3 Å². The second-order valence-electron chi connectivity index (χ2n) is 7.61. The number of anilines is 2. The van der Waals surface area contributed by atoms with E-state index in [0.29, 0.717) is 24.5 Å². The maximum Gasteiger partial charge on any atom is 0.338 e. The largest absolute Gasteiger partial charge is 0.452 e. The molecule has 0 saturated carbocycles. The molecular formula is C22H23N3O6S. The molecule has 2 aliphatic heterocycles. The van der Waals surface area contributed by atoms with Gasteiger partial charge in [-0.25, -0.2) is 13.2 Å². The third-order valence-electron chi connectivity index (χ3n) is 5.42. The molecule has 2 aromatic rings. The van der Waals surface area contributed by atoms with Crippen molar-refractivity contribution in [2.24, 2.45) is 0 Å². The first kappa shape index (κ1) is 22.0. The van der Waals surface area contributed by atoms with Crippen molar-refractivity contribution in [1.82, 2.24) is 4.31 Å². The van der Waals surface area contributed by atoms with Gasteiger partial charge < -0.3 is 10.1 Å². The number of amides is 2. The highest BCUT2D eigenvalue weighted by Crippen LogP contribution is 2.29. The minimum absolute atomic E-state index is 0.0156. The molecule has 0 spiro atoms.